The van der Waals surface area contributed by atoms with Crippen LogP contribution in [0, 0.1) is 5.82 Å². The molecule has 0 spiro atoms. The first-order valence-electron chi connectivity index (χ1n) is 6.68. The van der Waals surface area contributed by atoms with Crippen LogP contribution in [0.3, 0.4) is 0 Å². The highest BCUT2D eigenvalue weighted by Gasteiger charge is 2.18. The van der Waals surface area contributed by atoms with Gasteiger partial charge in [-0.25, -0.2) is 4.39 Å². The molecule has 0 radical (unpaired) electrons. The van der Waals surface area contributed by atoms with Crippen molar-refractivity contribution in [1.82, 2.24) is 5.32 Å². The zero-order valence-electron chi connectivity index (χ0n) is 11.1. The van der Waals surface area contributed by atoms with E-state index in [-0.39, 0.29) is 5.82 Å². The number of aliphatic imine (C=N–C) groups is 1. The van der Waals surface area contributed by atoms with Gasteiger partial charge in [0.05, 0.1) is 6.54 Å². The monoisotopic (exact) mass is 269 g/mol. The topological polar surface area (TPSA) is 27.6 Å². The first-order valence-corrected chi connectivity index (χ1v) is 6.68. The van der Waals surface area contributed by atoms with E-state index in [4.69, 9.17) is 0 Å². The molecule has 0 fully saturated rings. The fraction of sp³-hybridized carbons (Fsp3) is 0.188. The van der Waals surface area contributed by atoms with Gasteiger partial charge in [0.2, 0.25) is 0 Å². The fourth-order valence-electron chi connectivity index (χ4n) is 2.25. The molecule has 1 aliphatic heterocycles. The lowest BCUT2D eigenvalue weighted by Crippen LogP contribution is -2.38. The second-order valence-electron chi connectivity index (χ2n) is 4.67. The van der Waals surface area contributed by atoms with Crippen LogP contribution >= 0.6 is 0 Å². The highest BCUT2D eigenvalue weighted by molar-refractivity contribution is 5.97. The summed E-state index contributed by atoms with van der Waals surface area (Å²) in [5.41, 5.74) is 2.17. The van der Waals surface area contributed by atoms with Crippen LogP contribution in [0.2, 0.25) is 0 Å². The lowest BCUT2D eigenvalue weighted by atomic mass is 10.2. The minimum absolute atomic E-state index is 0.219. The Morgan fingerprint density at radius 1 is 1.05 bits per heavy atom. The molecule has 0 saturated carbocycles. The quantitative estimate of drug-likeness (QED) is 0.928. The Bertz CT molecular complexity index is 593. The third-order valence-corrected chi connectivity index (χ3v) is 3.27. The Morgan fingerprint density at radius 2 is 1.80 bits per heavy atom. The standard InChI is InChI=1S/C16H16FN3/c17-14-6-8-15(9-7-14)20-11-10-18-16(20)19-12-13-4-2-1-3-5-13/h1-9H,10-12H2,(H,18,19). The van der Waals surface area contributed by atoms with Gasteiger partial charge in [-0.05, 0) is 29.8 Å². The number of anilines is 1. The van der Waals surface area contributed by atoms with Gasteiger partial charge in [0.25, 0.3) is 0 Å². The predicted octanol–water partition coefficient (Wildman–Crippen LogP) is 2.79. The van der Waals surface area contributed by atoms with E-state index in [0.717, 1.165) is 31.3 Å². The molecule has 20 heavy (non-hydrogen) atoms. The number of nitrogens with one attached hydrogen (secondary N) is 1. The third kappa shape index (κ3) is 2.79. The number of hydrogen-bond acceptors (Lipinski definition) is 3. The summed E-state index contributed by atoms with van der Waals surface area (Å²) in [6.07, 6.45) is 0. The zero-order valence-corrected chi connectivity index (χ0v) is 11.1. The molecule has 0 unspecified atom stereocenters. The first kappa shape index (κ1) is 12.7. The lowest BCUT2D eigenvalue weighted by molar-refractivity contribution is 0.628. The van der Waals surface area contributed by atoms with Crippen molar-refractivity contribution in [2.45, 2.75) is 6.54 Å². The van der Waals surface area contributed by atoms with Crippen molar-refractivity contribution < 1.29 is 4.39 Å². The average Bonchev–Trinajstić information content (AvgIpc) is 2.95. The van der Waals surface area contributed by atoms with Crippen molar-refractivity contribution in [3.8, 4) is 0 Å². The summed E-state index contributed by atoms with van der Waals surface area (Å²) in [6, 6.07) is 16.7. The van der Waals surface area contributed by atoms with Crippen LogP contribution in [0.25, 0.3) is 0 Å². The number of guanidine groups is 1. The minimum Gasteiger partial charge on any atom is -0.352 e. The Morgan fingerprint density at radius 3 is 2.55 bits per heavy atom. The van der Waals surface area contributed by atoms with Gasteiger partial charge in [-0.15, -0.1) is 0 Å². The molecule has 0 amide bonds. The summed E-state index contributed by atoms with van der Waals surface area (Å²) in [5, 5.41) is 3.34. The van der Waals surface area contributed by atoms with E-state index < -0.39 is 0 Å². The molecule has 0 bridgehead atoms. The van der Waals surface area contributed by atoms with Crippen LogP contribution in [-0.2, 0) is 6.54 Å². The van der Waals surface area contributed by atoms with Gasteiger partial charge in [0.1, 0.15) is 5.82 Å². The normalized spacial score (nSPS) is 14.2. The lowest BCUT2D eigenvalue weighted by Gasteiger charge is -2.21. The van der Waals surface area contributed by atoms with Gasteiger partial charge < -0.3 is 10.2 Å². The molecule has 1 N–H and O–H groups in total. The van der Waals surface area contributed by atoms with E-state index in [2.05, 4.69) is 27.3 Å². The van der Waals surface area contributed by atoms with E-state index in [1.54, 1.807) is 12.1 Å². The van der Waals surface area contributed by atoms with E-state index in [9.17, 15) is 4.39 Å². The summed E-state index contributed by atoms with van der Waals surface area (Å²) in [6.45, 7) is 2.31. The number of benzene rings is 2. The summed E-state index contributed by atoms with van der Waals surface area (Å²) in [5.74, 6) is 0.629. The number of nitrogens with zero attached hydrogens (tertiary/aromatic N) is 2. The molecule has 1 aliphatic rings. The summed E-state index contributed by atoms with van der Waals surface area (Å²) < 4.78 is 13.0. The van der Waals surface area contributed by atoms with Crippen molar-refractivity contribution in [2.75, 3.05) is 18.0 Å². The molecule has 3 nitrogen and oxygen atoms in total. The summed E-state index contributed by atoms with van der Waals surface area (Å²) in [7, 11) is 0. The van der Waals surface area contributed by atoms with Crippen molar-refractivity contribution in [3.63, 3.8) is 0 Å². The van der Waals surface area contributed by atoms with Crippen LogP contribution in [-0.4, -0.2) is 19.0 Å². The van der Waals surface area contributed by atoms with Gasteiger partial charge in [0, 0.05) is 18.8 Å². The molecule has 0 aliphatic carbocycles. The average molecular weight is 269 g/mol. The summed E-state index contributed by atoms with van der Waals surface area (Å²) >= 11 is 0. The smallest absolute Gasteiger partial charge is 0.198 e. The molecule has 4 heteroatoms. The third-order valence-electron chi connectivity index (χ3n) is 3.27. The van der Waals surface area contributed by atoms with Crippen LogP contribution in [0.15, 0.2) is 59.6 Å². The second kappa shape index (κ2) is 5.74. The molecular weight excluding hydrogens is 253 g/mol. The second-order valence-corrected chi connectivity index (χ2v) is 4.67. The number of hydrogen-bond donors (Lipinski definition) is 1. The van der Waals surface area contributed by atoms with Crippen LogP contribution < -0.4 is 10.2 Å². The Kier molecular flexibility index (Phi) is 3.63. The molecule has 0 atom stereocenters. The zero-order chi connectivity index (χ0) is 13.8. The van der Waals surface area contributed by atoms with Crippen molar-refractivity contribution in [1.29, 1.82) is 0 Å². The Balaban J connectivity index is 1.68. The maximum absolute atomic E-state index is 13.0. The maximum atomic E-state index is 13.0. The predicted molar refractivity (Wildman–Crippen MR) is 79.3 cm³/mol. The molecule has 0 aromatic heterocycles. The van der Waals surface area contributed by atoms with E-state index in [1.165, 1.54) is 17.7 Å². The minimum atomic E-state index is -0.219. The highest BCUT2D eigenvalue weighted by Crippen LogP contribution is 2.17. The van der Waals surface area contributed by atoms with Crippen LogP contribution in [0.1, 0.15) is 5.56 Å². The molecule has 2 aromatic rings. The van der Waals surface area contributed by atoms with Gasteiger partial charge in [-0.2, -0.15) is 0 Å². The Labute approximate surface area is 117 Å². The van der Waals surface area contributed by atoms with Gasteiger partial charge >= 0.3 is 0 Å². The van der Waals surface area contributed by atoms with E-state index in [1.807, 2.05) is 18.2 Å². The largest absolute Gasteiger partial charge is 0.352 e. The van der Waals surface area contributed by atoms with Crippen molar-refractivity contribution in [3.05, 3.63) is 66.0 Å². The molecule has 1 heterocycles. The van der Waals surface area contributed by atoms with Crippen molar-refractivity contribution >= 4 is 11.6 Å². The highest BCUT2D eigenvalue weighted by atomic mass is 19.1. The molecule has 0 saturated heterocycles. The Hall–Kier alpha value is -2.36. The molecule has 3 rings (SSSR count). The van der Waals surface area contributed by atoms with E-state index >= 15 is 0 Å². The van der Waals surface area contributed by atoms with Crippen LogP contribution in [0.4, 0.5) is 10.1 Å². The molecular formula is C16H16FN3. The van der Waals surface area contributed by atoms with Gasteiger partial charge in [-0.1, -0.05) is 30.3 Å². The van der Waals surface area contributed by atoms with Crippen LogP contribution in [0.5, 0.6) is 0 Å². The maximum Gasteiger partial charge on any atom is 0.198 e. The fourth-order valence-corrected chi connectivity index (χ4v) is 2.25. The molecule has 102 valence electrons. The number of halogens is 1. The first-order chi connectivity index (χ1) is 9.83. The molecule has 2 aromatic carbocycles. The van der Waals surface area contributed by atoms with Crippen molar-refractivity contribution in [2.24, 2.45) is 4.99 Å². The SMILES string of the molecule is Fc1ccc(N2CCN=C2NCc2ccccc2)cc1. The van der Waals surface area contributed by atoms with Gasteiger partial charge in [-0.3, -0.25) is 4.99 Å². The summed E-state index contributed by atoms with van der Waals surface area (Å²) in [4.78, 5) is 6.54. The van der Waals surface area contributed by atoms with E-state index in [0.29, 0.717) is 0 Å². The van der Waals surface area contributed by atoms with Gasteiger partial charge in [0.15, 0.2) is 5.96 Å². The number of rotatable bonds is 3.